The Hall–Kier alpha value is -1.92. The third-order valence-corrected chi connectivity index (χ3v) is 13.2. The molecule has 0 aromatic rings. The van der Waals surface area contributed by atoms with Crippen molar-refractivity contribution in [2.45, 2.75) is 315 Å². The normalized spacial score (nSPS) is 12.9. The number of aliphatic hydroxyl groups is 2. The fourth-order valence-electron chi connectivity index (χ4n) is 8.72. The number of nitrogens with one attached hydrogen (secondary N) is 1. The number of carbonyl (C=O) groups is 2. The van der Waals surface area contributed by atoms with E-state index in [1.54, 1.807) is 6.08 Å². The molecule has 0 aliphatic heterocycles. The Bertz CT molecular complexity index is 1060. The molecule has 0 rings (SSSR count). The van der Waals surface area contributed by atoms with Gasteiger partial charge in [-0.3, -0.25) is 9.59 Å². The Labute approximate surface area is 404 Å². The predicted octanol–water partition coefficient (Wildman–Crippen LogP) is 17.6. The molecule has 6 heteroatoms. The summed E-state index contributed by atoms with van der Waals surface area (Å²) in [6.07, 6.45) is 67.4. The molecule has 0 saturated carbocycles. The summed E-state index contributed by atoms with van der Waals surface area (Å²) in [4.78, 5) is 24.5. The van der Waals surface area contributed by atoms with E-state index in [4.69, 9.17) is 4.74 Å². The molecule has 0 heterocycles. The Kier molecular flexibility index (Phi) is 53.1. The molecular weight excluding hydrogens is 803 g/mol. The average molecular weight is 915 g/mol. The van der Waals surface area contributed by atoms with Gasteiger partial charge in [-0.1, -0.05) is 262 Å². The van der Waals surface area contributed by atoms with Crippen molar-refractivity contribution in [1.29, 1.82) is 0 Å². The maximum absolute atomic E-state index is 12.4. The smallest absolute Gasteiger partial charge is 0.305 e. The van der Waals surface area contributed by atoms with Gasteiger partial charge in [0.2, 0.25) is 5.91 Å². The first-order valence-electron chi connectivity index (χ1n) is 28.8. The van der Waals surface area contributed by atoms with E-state index < -0.39 is 12.1 Å². The van der Waals surface area contributed by atoms with Crippen molar-refractivity contribution in [3.8, 4) is 0 Å². The van der Waals surface area contributed by atoms with E-state index in [0.717, 1.165) is 51.4 Å². The molecule has 0 spiro atoms. The maximum Gasteiger partial charge on any atom is 0.305 e. The van der Waals surface area contributed by atoms with E-state index in [1.165, 1.54) is 225 Å². The monoisotopic (exact) mass is 914 g/mol. The number of allylic oxidation sites excluding steroid dienone is 5. The summed E-state index contributed by atoms with van der Waals surface area (Å²) >= 11 is 0. The number of unbranched alkanes of at least 4 members (excludes halogenated alkanes) is 38. The van der Waals surface area contributed by atoms with Gasteiger partial charge in [0.25, 0.3) is 0 Å². The van der Waals surface area contributed by atoms with Crippen LogP contribution in [-0.4, -0.2) is 47.4 Å². The quantitative estimate of drug-likeness (QED) is 0.0321. The lowest BCUT2D eigenvalue weighted by Gasteiger charge is -2.20. The largest absolute Gasteiger partial charge is 0.466 e. The first kappa shape index (κ1) is 63.1. The van der Waals surface area contributed by atoms with E-state index >= 15 is 0 Å². The van der Waals surface area contributed by atoms with Crippen molar-refractivity contribution in [3.05, 3.63) is 36.5 Å². The number of hydrogen-bond acceptors (Lipinski definition) is 5. The number of rotatable bonds is 53. The van der Waals surface area contributed by atoms with Crippen LogP contribution in [0.5, 0.6) is 0 Å². The predicted molar refractivity (Wildman–Crippen MR) is 283 cm³/mol. The summed E-state index contributed by atoms with van der Waals surface area (Å²) < 4.78 is 5.48. The Balaban J connectivity index is 3.38. The third kappa shape index (κ3) is 51.3. The van der Waals surface area contributed by atoms with Crippen molar-refractivity contribution in [2.24, 2.45) is 0 Å². The minimum atomic E-state index is -0.843. The van der Waals surface area contributed by atoms with Gasteiger partial charge in [-0.05, 0) is 64.2 Å². The van der Waals surface area contributed by atoms with E-state index in [9.17, 15) is 19.8 Å². The van der Waals surface area contributed by atoms with Crippen LogP contribution in [0, 0.1) is 0 Å². The van der Waals surface area contributed by atoms with Crippen LogP contribution >= 0.6 is 0 Å². The fourth-order valence-corrected chi connectivity index (χ4v) is 8.72. The van der Waals surface area contributed by atoms with Crippen LogP contribution in [0.15, 0.2) is 36.5 Å². The molecule has 0 aliphatic carbocycles. The molecule has 2 unspecified atom stereocenters. The summed E-state index contributed by atoms with van der Waals surface area (Å²) in [6, 6.07) is -0.627. The highest BCUT2D eigenvalue weighted by Crippen LogP contribution is 2.17. The van der Waals surface area contributed by atoms with Gasteiger partial charge >= 0.3 is 5.97 Å². The molecule has 0 aromatic heterocycles. The lowest BCUT2D eigenvalue weighted by atomic mass is 10.0. The standard InChI is InChI=1S/C59H111NO5/c1-3-5-7-9-11-13-15-16-17-23-27-30-33-37-41-45-49-53-59(64)65-54-50-46-42-38-34-31-28-25-22-20-18-19-21-24-26-29-32-36-40-44-48-52-58(63)60-56(55-61)57(62)51-47-43-39-35-14-12-10-8-6-4-2/h11,13,16-17,47,51,56-57,61-62H,3-10,12,14-15,18-46,48-50,52-55H2,1-2H3,(H,60,63)/b13-11-,17-16-,51-47+. The van der Waals surface area contributed by atoms with Crippen molar-refractivity contribution in [3.63, 3.8) is 0 Å². The summed E-state index contributed by atoms with van der Waals surface area (Å²) in [5.41, 5.74) is 0. The molecule has 2 atom stereocenters. The van der Waals surface area contributed by atoms with Gasteiger partial charge in [-0.15, -0.1) is 0 Å². The van der Waals surface area contributed by atoms with Crippen LogP contribution in [0.2, 0.25) is 0 Å². The van der Waals surface area contributed by atoms with Gasteiger partial charge < -0.3 is 20.3 Å². The average Bonchev–Trinajstić information content (AvgIpc) is 3.31. The zero-order valence-electron chi connectivity index (χ0n) is 43.5. The first-order chi connectivity index (χ1) is 32.0. The summed E-state index contributed by atoms with van der Waals surface area (Å²) in [5, 5.41) is 23.0. The molecule has 3 N–H and O–H groups in total. The first-order valence-corrected chi connectivity index (χ1v) is 28.8. The second kappa shape index (κ2) is 54.7. The van der Waals surface area contributed by atoms with E-state index in [0.29, 0.717) is 19.4 Å². The van der Waals surface area contributed by atoms with Crippen LogP contribution in [0.4, 0.5) is 0 Å². The fraction of sp³-hybridized carbons (Fsp3) is 0.864. The van der Waals surface area contributed by atoms with Crippen LogP contribution in [0.1, 0.15) is 303 Å². The highest BCUT2D eigenvalue weighted by atomic mass is 16.5. The number of ether oxygens (including phenoxy) is 1. The molecular formula is C59H111NO5. The van der Waals surface area contributed by atoms with Gasteiger partial charge in [0.1, 0.15) is 0 Å². The van der Waals surface area contributed by atoms with Crippen molar-refractivity contribution in [2.75, 3.05) is 13.2 Å². The minimum absolute atomic E-state index is 0.00321. The van der Waals surface area contributed by atoms with Gasteiger partial charge in [0.05, 0.1) is 25.4 Å². The Morgan fingerprint density at radius 3 is 1.20 bits per heavy atom. The van der Waals surface area contributed by atoms with Crippen LogP contribution in [0.3, 0.4) is 0 Å². The Morgan fingerprint density at radius 2 is 0.769 bits per heavy atom. The van der Waals surface area contributed by atoms with Gasteiger partial charge in [0.15, 0.2) is 0 Å². The molecule has 0 aliphatic rings. The summed E-state index contributed by atoms with van der Waals surface area (Å²) in [7, 11) is 0. The highest BCUT2D eigenvalue weighted by Gasteiger charge is 2.18. The molecule has 1 amide bonds. The van der Waals surface area contributed by atoms with Crippen LogP contribution in [-0.2, 0) is 14.3 Å². The van der Waals surface area contributed by atoms with E-state index in [1.807, 2.05) is 6.08 Å². The second-order valence-corrected chi connectivity index (χ2v) is 19.6. The van der Waals surface area contributed by atoms with Crippen molar-refractivity contribution >= 4 is 11.9 Å². The molecule has 0 fully saturated rings. The third-order valence-electron chi connectivity index (χ3n) is 13.2. The number of aliphatic hydroxyl groups excluding tert-OH is 2. The SMILES string of the molecule is CCCCC/C=C\C/C=C\CCCCCCCCCC(=O)OCCCCCCCCCCCCCCCCCCCCCCCC(=O)NC(CO)C(O)/C=C/CCCCCCCCCC. The molecule has 6 nitrogen and oxygen atoms in total. The van der Waals surface area contributed by atoms with Gasteiger partial charge in [-0.2, -0.15) is 0 Å². The van der Waals surface area contributed by atoms with Crippen molar-refractivity contribution < 1.29 is 24.5 Å². The lowest BCUT2D eigenvalue weighted by molar-refractivity contribution is -0.143. The number of amides is 1. The second-order valence-electron chi connectivity index (χ2n) is 19.6. The van der Waals surface area contributed by atoms with Gasteiger partial charge in [-0.25, -0.2) is 0 Å². The number of hydrogen-bond donors (Lipinski definition) is 3. The number of carbonyl (C=O) groups excluding carboxylic acids is 2. The Morgan fingerprint density at radius 1 is 0.431 bits per heavy atom. The lowest BCUT2D eigenvalue weighted by Crippen LogP contribution is -2.45. The molecule has 0 radical (unpaired) electrons. The summed E-state index contributed by atoms with van der Waals surface area (Å²) in [5.74, 6) is -0.0678. The van der Waals surface area contributed by atoms with E-state index in [2.05, 4.69) is 43.5 Å². The maximum atomic E-state index is 12.4. The molecule has 382 valence electrons. The molecule has 65 heavy (non-hydrogen) atoms. The molecule has 0 bridgehead atoms. The highest BCUT2D eigenvalue weighted by molar-refractivity contribution is 5.76. The molecule has 0 aromatic carbocycles. The van der Waals surface area contributed by atoms with Crippen LogP contribution < -0.4 is 5.32 Å². The zero-order chi connectivity index (χ0) is 47.2. The topological polar surface area (TPSA) is 95.9 Å². The summed E-state index contributed by atoms with van der Waals surface area (Å²) in [6.45, 7) is 4.86. The van der Waals surface area contributed by atoms with Crippen molar-refractivity contribution in [1.82, 2.24) is 5.32 Å². The van der Waals surface area contributed by atoms with E-state index in [-0.39, 0.29) is 18.5 Å². The minimum Gasteiger partial charge on any atom is -0.466 e. The zero-order valence-corrected chi connectivity index (χ0v) is 43.5. The van der Waals surface area contributed by atoms with Gasteiger partial charge in [0, 0.05) is 12.8 Å². The van der Waals surface area contributed by atoms with Crippen LogP contribution in [0.25, 0.3) is 0 Å². The molecule has 0 saturated heterocycles. The number of esters is 1.